The highest BCUT2D eigenvalue weighted by atomic mass is 16.5. The van der Waals surface area contributed by atoms with Crippen LogP contribution in [-0.2, 0) is 6.54 Å². The van der Waals surface area contributed by atoms with Gasteiger partial charge in [0.1, 0.15) is 5.75 Å². The number of rotatable bonds is 6. The molecule has 0 atom stereocenters. The SMILES string of the molecule is CCOc1ccc(C(=O)NCc2ccccc2OC)cn1. The van der Waals surface area contributed by atoms with Crippen LogP contribution in [0.15, 0.2) is 42.6 Å². The molecule has 2 rings (SSSR count). The number of hydrogen-bond acceptors (Lipinski definition) is 4. The largest absolute Gasteiger partial charge is 0.496 e. The van der Waals surface area contributed by atoms with Crippen LogP contribution in [0.25, 0.3) is 0 Å². The predicted molar refractivity (Wildman–Crippen MR) is 79.6 cm³/mol. The Labute approximate surface area is 123 Å². The van der Waals surface area contributed by atoms with Crippen molar-refractivity contribution in [2.75, 3.05) is 13.7 Å². The van der Waals surface area contributed by atoms with E-state index in [9.17, 15) is 4.79 Å². The summed E-state index contributed by atoms with van der Waals surface area (Å²) in [6.45, 7) is 2.83. The Hall–Kier alpha value is -2.56. The molecule has 21 heavy (non-hydrogen) atoms. The van der Waals surface area contributed by atoms with Crippen molar-refractivity contribution >= 4 is 5.91 Å². The van der Waals surface area contributed by atoms with Crippen molar-refractivity contribution in [3.05, 3.63) is 53.7 Å². The summed E-state index contributed by atoms with van der Waals surface area (Å²) in [5.74, 6) is 1.08. The maximum Gasteiger partial charge on any atom is 0.253 e. The molecule has 2 aromatic rings. The van der Waals surface area contributed by atoms with Crippen molar-refractivity contribution in [2.45, 2.75) is 13.5 Å². The number of ether oxygens (including phenoxy) is 2. The Balaban J connectivity index is 1.98. The monoisotopic (exact) mass is 286 g/mol. The number of carbonyl (C=O) groups is 1. The minimum atomic E-state index is -0.184. The lowest BCUT2D eigenvalue weighted by molar-refractivity contribution is 0.0950. The lowest BCUT2D eigenvalue weighted by Gasteiger charge is -2.09. The standard InChI is InChI=1S/C16H18N2O3/c1-3-21-15-9-8-13(11-17-15)16(19)18-10-12-6-4-5-7-14(12)20-2/h4-9,11H,3,10H2,1-2H3,(H,18,19). The first-order valence-electron chi connectivity index (χ1n) is 6.73. The Morgan fingerprint density at radius 3 is 2.71 bits per heavy atom. The first-order chi connectivity index (χ1) is 10.2. The number of methoxy groups -OCH3 is 1. The number of carbonyl (C=O) groups excluding carboxylic acids is 1. The van der Waals surface area contributed by atoms with E-state index in [0.717, 1.165) is 11.3 Å². The van der Waals surface area contributed by atoms with Gasteiger partial charge in [0.15, 0.2) is 0 Å². The lowest BCUT2D eigenvalue weighted by atomic mass is 10.2. The highest BCUT2D eigenvalue weighted by Gasteiger charge is 2.08. The van der Waals surface area contributed by atoms with Crippen LogP contribution in [0.3, 0.4) is 0 Å². The lowest BCUT2D eigenvalue weighted by Crippen LogP contribution is -2.23. The van der Waals surface area contributed by atoms with Gasteiger partial charge in [-0.1, -0.05) is 18.2 Å². The smallest absolute Gasteiger partial charge is 0.253 e. The molecule has 5 heteroatoms. The third-order valence-electron chi connectivity index (χ3n) is 2.92. The summed E-state index contributed by atoms with van der Waals surface area (Å²) in [6.07, 6.45) is 1.50. The van der Waals surface area contributed by atoms with Crippen LogP contribution in [0.5, 0.6) is 11.6 Å². The number of benzene rings is 1. The topological polar surface area (TPSA) is 60.5 Å². The van der Waals surface area contributed by atoms with Crippen molar-refractivity contribution in [3.8, 4) is 11.6 Å². The number of aromatic nitrogens is 1. The van der Waals surface area contributed by atoms with E-state index in [-0.39, 0.29) is 5.91 Å². The Kier molecular flexibility index (Phi) is 5.15. The summed E-state index contributed by atoms with van der Waals surface area (Å²) in [4.78, 5) is 16.1. The van der Waals surface area contributed by atoms with Crippen LogP contribution in [0.4, 0.5) is 0 Å². The normalized spacial score (nSPS) is 10.0. The predicted octanol–water partition coefficient (Wildman–Crippen LogP) is 2.42. The zero-order valence-corrected chi connectivity index (χ0v) is 12.1. The molecule has 5 nitrogen and oxygen atoms in total. The van der Waals surface area contributed by atoms with Crippen LogP contribution in [0, 0.1) is 0 Å². The van der Waals surface area contributed by atoms with E-state index in [1.54, 1.807) is 19.2 Å². The number of hydrogen-bond donors (Lipinski definition) is 1. The number of amides is 1. The molecule has 0 bridgehead atoms. The second-order valence-corrected chi connectivity index (χ2v) is 4.31. The molecule has 0 radical (unpaired) electrons. The van der Waals surface area contributed by atoms with Crippen LogP contribution >= 0.6 is 0 Å². The second-order valence-electron chi connectivity index (χ2n) is 4.31. The summed E-state index contributed by atoms with van der Waals surface area (Å²) in [6, 6.07) is 10.9. The minimum Gasteiger partial charge on any atom is -0.496 e. The highest BCUT2D eigenvalue weighted by molar-refractivity contribution is 5.93. The molecule has 1 aromatic heterocycles. The quantitative estimate of drug-likeness (QED) is 0.886. The molecule has 0 spiro atoms. The fraction of sp³-hybridized carbons (Fsp3) is 0.250. The summed E-state index contributed by atoms with van der Waals surface area (Å²) in [5.41, 5.74) is 1.42. The van der Waals surface area contributed by atoms with Gasteiger partial charge in [-0.25, -0.2) is 4.98 Å². The van der Waals surface area contributed by atoms with E-state index < -0.39 is 0 Å². The molecule has 1 aromatic carbocycles. The molecule has 1 heterocycles. The highest BCUT2D eigenvalue weighted by Crippen LogP contribution is 2.17. The van der Waals surface area contributed by atoms with Gasteiger partial charge in [0.25, 0.3) is 5.91 Å². The van der Waals surface area contributed by atoms with E-state index >= 15 is 0 Å². The second kappa shape index (κ2) is 7.28. The molecule has 110 valence electrons. The number of para-hydroxylation sites is 1. The van der Waals surface area contributed by atoms with Gasteiger partial charge in [-0.05, 0) is 19.1 Å². The first-order valence-corrected chi connectivity index (χ1v) is 6.73. The molecule has 0 saturated carbocycles. The third kappa shape index (κ3) is 3.95. The molecule has 0 saturated heterocycles. The molecule has 0 aliphatic heterocycles. The first kappa shape index (κ1) is 14.8. The van der Waals surface area contributed by atoms with E-state index in [0.29, 0.717) is 24.6 Å². The molecular weight excluding hydrogens is 268 g/mol. The summed E-state index contributed by atoms with van der Waals surface area (Å²) in [5, 5.41) is 2.84. The van der Waals surface area contributed by atoms with Crippen molar-refractivity contribution in [1.29, 1.82) is 0 Å². The van der Waals surface area contributed by atoms with Crippen molar-refractivity contribution in [1.82, 2.24) is 10.3 Å². The van der Waals surface area contributed by atoms with Crippen LogP contribution in [0.1, 0.15) is 22.8 Å². The minimum absolute atomic E-state index is 0.184. The molecule has 0 fully saturated rings. The summed E-state index contributed by atoms with van der Waals surface area (Å²) >= 11 is 0. The molecule has 0 aliphatic rings. The fourth-order valence-corrected chi connectivity index (χ4v) is 1.87. The van der Waals surface area contributed by atoms with Crippen molar-refractivity contribution < 1.29 is 14.3 Å². The third-order valence-corrected chi connectivity index (χ3v) is 2.92. The van der Waals surface area contributed by atoms with Crippen molar-refractivity contribution in [3.63, 3.8) is 0 Å². The zero-order valence-electron chi connectivity index (χ0n) is 12.1. The molecule has 1 N–H and O–H groups in total. The van der Waals surface area contributed by atoms with E-state index in [4.69, 9.17) is 9.47 Å². The van der Waals surface area contributed by atoms with Gasteiger partial charge in [-0.15, -0.1) is 0 Å². The van der Waals surface area contributed by atoms with E-state index in [1.807, 2.05) is 31.2 Å². The Bertz CT molecular complexity index is 597. The van der Waals surface area contributed by atoms with E-state index in [2.05, 4.69) is 10.3 Å². The maximum atomic E-state index is 12.1. The number of nitrogens with one attached hydrogen (secondary N) is 1. The average Bonchev–Trinajstić information content (AvgIpc) is 2.54. The van der Waals surface area contributed by atoms with E-state index in [1.165, 1.54) is 6.20 Å². The van der Waals surface area contributed by atoms with Gasteiger partial charge in [-0.3, -0.25) is 4.79 Å². The summed E-state index contributed by atoms with van der Waals surface area (Å²) in [7, 11) is 1.61. The zero-order chi connectivity index (χ0) is 15.1. The van der Waals surface area contributed by atoms with Crippen LogP contribution in [-0.4, -0.2) is 24.6 Å². The van der Waals surface area contributed by atoms with Crippen molar-refractivity contribution in [2.24, 2.45) is 0 Å². The molecular formula is C16H18N2O3. The van der Waals surface area contributed by atoms with Crippen LogP contribution < -0.4 is 14.8 Å². The fourth-order valence-electron chi connectivity index (χ4n) is 1.87. The number of pyridine rings is 1. The van der Waals surface area contributed by atoms with Gasteiger partial charge in [0.05, 0.1) is 19.3 Å². The van der Waals surface area contributed by atoms with Crippen LogP contribution in [0.2, 0.25) is 0 Å². The molecule has 0 aliphatic carbocycles. The summed E-state index contributed by atoms with van der Waals surface area (Å²) < 4.78 is 10.5. The Morgan fingerprint density at radius 2 is 2.05 bits per heavy atom. The van der Waals surface area contributed by atoms with Gasteiger partial charge in [0.2, 0.25) is 5.88 Å². The van der Waals surface area contributed by atoms with Gasteiger partial charge in [-0.2, -0.15) is 0 Å². The van der Waals surface area contributed by atoms with Gasteiger partial charge in [0, 0.05) is 24.4 Å². The maximum absolute atomic E-state index is 12.1. The van der Waals surface area contributed by atoms with Gasteiger partial charge < -0.3 is 14.8 Å². The Morgan fingerprint density at radius 1 is 1.24 bits per heavy atom. The average molecular weight is 286 g/mol. The molecule has 1 amide bonds. The van der Waals surface area contributed by atoms with Gasteiger partial charge >= 0.3 is 0 Å². The molecule has 0 unspecified atom stereocenters. The number of nitrogens with zero attached hydrogens (tertiary/aromatic N) is 1.